The monoisotopic (exact) mass is 423 g/mol. The number of benzene rings is 3. The van der Waals surface area contributed by atoms with Crippen molar-refractivity contribution in [1.29, 1.82) is 0 Å². The Kier molecular flexibility index (Phi) is 6.26. The van der Waals surface area contributed by atoms with Crippen molar-refractivity contribution in [3.63, 3.8) is 0 Å². The maximum absolute atomic E-state index is 11.9. The van der Waals surface area contributed by atoms with Crippen LogP contribution in [0.2, 0.25) is 0 Å². The molecule has 30 heavy (non-hydrogen) atoms. The standard InChI is InChI=1S/C26H32O3P/c1-25(2,3)20-17-18-24(23(19-20)26(4,5)6)30(27,28-21-13-9-7-10-14-21)29-22-15-11-8-12-16-22/h7-19,27H,1-6H3/q+1. The maximum Gasteiger partial charge on any atom is 0.533 e. The van der Waals surface area contributed by atoms with Gasteiger partial charge in [-0.1, -0.05) is 90.1 Å². The fourth-order valence-corrected chi connectivity index (χ4v) is 5.23. The average Bonchev–Trinajstić information content (AvgIpc) is 2.67. The number of hydrogen-bond donors (Lipinski definition) is 1. The molecule has 0 spiro atoms. The highest BCUT2D eigenvalue weighted by Gasteiger charge is 2.51. The second-order valence-electron chi connectivity index (χ2n) is 9.56. The molecule has 0 saturated carbocycles. The van der Waals surface area contributed by atoms with Crippen LogP contribution in [0.4, 0.5) is 0 Å². The van der Waals surface area contributed by atoms with E-state index >= 15 is 0 Å². The average molecular weight is 424 g/mol. The van der Waals surface area contributed by atoms with Crippen molar-refractivity contribution in [2.45, 2.75) is 52.4 Å². The lowest BCUT2D eigenvalue weighted by atomic mass is 9.81. The third kappa shape index (κ3) is 5.22. The van der Waals surface area contributed by atoms with Crippen LogP contribution in [0.3, 0.4) is 0 Å². The van der Waals surface area contributed by atoms with Crippen molar-refractivity contribution in [1.82, 2.24) is 0 Å². The first-order chi connectivity index (χ1) is 14.0. The van der Waals surface area contributed by atoms with Gasteiger partial charge in [0.15, 0.2) is 11.5 Å². The zero-order valence-electron chi connectivity index (χ0n) is 18.7. The van der Waals surface area contributed by atoms with E-state index in [-0.39, 0.29) is 10.8 Å². The van der Waals surface area contributed by atoms with Gasteiger partial charge in [-0.2, -0.15) is 4.89 Å². The first-order valence-corrected chi connectivity index (χ1v) is 11.8. The Hall–Kier alpha value is -2.35. The second-order valence-corrected chi connectivity index (χ2v) is 11.4. The summed E-state index contributed by atoms with van der Waals surface area (Å²) < 4.78 is 12.4. The Morgan fingerprint density at radius 1 is 0.633 bits per heavy atom. The molecular weight excluding hydrogens is 391 g/mol. The van der Waals surface area contributed by atoms with E-state index in [2.05, 4.69) is 53.7 Å². The van der Waals surface area contributed by atoms with Gasteiger partial charge in [0, 0.05) is 5.56 Å². The molecule has 0 amide bonds. The molecule has 3 aromatic carbocycles. The van der Waals surface area contributed by atoms with Gasteiger partial charge >= 0.3 is 7.94 Å². The molecule has 3 rings (SSSR count). The zero-order chi connectivity index (χ0) is 22.0. The van der Waals surface area contributed by atoms with Crippen molar-refractivity contribution >= 4 is 13.2 Å². The van der Waals surface area contributed by atoms with Gasteiger partial charge in [0.2, 0.25) is 5.30 Å². The highest BCUT2D eigenvalue weighted by molar-refractivity contribution is 7.69. The van der Waals surface area contributed by atoms with E-state index in [4.69, 9.17) is 9.05 Å². The van der Waals surface area contributed by atoms with Crippen LogP contribution in [0, 0.1) is 0 Å². The first kappa shape index (κ1) is 22.3. The molecule has 0 heterocycles. The van der Waals surface area contributed by atoms with Gasteiger partial charge in [-0.3, -0.25) is 9.05 Å². The molecule has 4 heteroatoms. The van der Waals surface area contributed by atoms with Crippen LogP contribution in [0.25, 0.3) is 0 Å². The van der Waals surface area contributed by atoms with Gasteiger partial charge < -0.3 is 0 Å². The van der Waals surface area contributed by atoms with Gasteiger partial charge in [0.05, 0.1) is 0 Å². The first-order valence-electron chi connectivity index (χ1n) is 10.3. The molecule has 158 valence electrons. The predicted molar refractivity (Wildman–Crippen MR) is 127 cm³/mol. The van der Waals surface area contributed by atoms with Gasteiger partial charge in [-0.25, -0.2) is 0 Å². The highest BCUT2D eigenvalue weighted by atomic mass is 31.2. The lowest BCUT2D eigenvalue weighted by Crippen LogP contribution is -2.31. The van der Waals surface area contributed by atoms with Gasteiger partial charge in [0.25, 0.3) is 0 Å². The Morgan fingerprint density at radius 3 is 1.50 bits per heavy atom. The fourth-order valence-electron chi connectivity index (χ4n) is 3.22. The molecule has 3 nitrogen and oxygen atoms in total. The van der Waals surface area contributed by atoms with E-state index in [9.17, 15) is 4.89 Å². The fraction of sp³-hybridized carbons (Fsp3) is 0.308. The molecule has 0 aliphatic carbocycles. The molecule has 0 aromatic heterocycles. The van der Waals surface area contributed by atoms with Crippen LogP contribution >= 0.6 is 7.94 Å². The SMILES string of the molecule is CC(C)(C)c1ccc([P+](O)(Oc2ccccc2)Oc2ccccc2)c(C(C)(C)C)c1. The molecule has 0 radical (unpaired) electrons. The van der Waals surface area contributed by atoms with Crippen molar-refractivity contribution in [3.8, 4) is 11.5 Å². The zero-order valence-corrected chi connectivity index (χ0v) is 19.6. The largest absolute Gasteiger partial charge is 0.533 e. The van der Waals surface area contributed by atoms with Crippen molar-refractivity contribution < 1.29 is 13.9 Å². The molecule has 3 aromatic rings. The van der Waals surface area contributed by atoms with Crippen LogP contribution in [0.1, 0.15) is 52.7 Å². The minimum Gasteiger partial charge on any atom is -0.274 e. The van der Waals surface area contributed by atoms with E-state index in [0.29, 0.717) is 16.8 Å². The molecule has 1 N–H and O–H groups in total. The summed E-state index contributed by atoms with van der Waals surface area (Å²) in [4.78, 5) is 11.9. The molecule has 0 saturated heterocycles. The van der Waals surface area contributed by atoms with Gasteiger partial charge in [-0.15, -0.1) is 0 Å². The normalized spacial score (nSPS) is 12.5. The summed E-state index contributed by atoms with van der Waals surface area (Å²) in [6.07, 6.45) is 0. The van der Waals surface area contributed by atoms with E-state index in [1.165, 1.54) is 5.56 Å². The van der Waals surface area contributed by atoms with Crippen LogP contribution in [-0.4, -0.2) is 4.89 Å². The van der Waals surface area contributed by atoms with Crippen LogP contribution in [0.15, 0.2) is 78.9 Å². The van der Waals surface area contributed by atoms with Crippen LogP contribution in [0.5, 0.6) is 11.5 Å². The topological polar surface area (TPSA) is 38.7 Å². The second kappa shape index (κ2) is 8.41. The molecule has 0 aliphatic heterocycles. The van der Waals surface area contributed by atoms with E-state index in [0.717, 1.165) is 5.56 Å². The Labute approximate surface area is 181 Å². The quantitative estimate of drug-likeness (QED) is 0.458. The maximum atomic E-state index is 11.9. The Balaban J connectivity index is 2.17. The lowest BCUT2D eigenvalue weighted by molar-refractivity contribution is 0.361. The Bertz CT molecular complexity index is 929. The number of rotatable bonds is 5. The smallest absolute Gasteiger partial charge is 0.274 e. The number of para-hydroxylation sites is 2. The third-order valence-corrected chi connectivity index (χ3v) is 6.84. The van der Waals surface area contributed by atoms with E-state index in [1.807, 2.05) is 66.7 Å². The molecular formula is C26H32O3P+. The summed E-state index contributed by atoms with van der Waals surface area (Å²) in [7, 11) is -3.47. The molecule has 0 bridgehead atoms. The molecule has 0 unspecified atom stereocenters. The minimum atomic E-state index is -3.47. The molecule has 0 fully saturated rings. The summed E-state index contributed by atoms with van der Waals surface area (Å²) in [5.74, 6) is 1.15. The number of hydrogen-bond acceptors (Lipinski definition) is 3. The van der Waals surface area contributed by atoms with Crippen molar-refractivity contribution in [3.05, 3.63) is 90.0 Å². The summed E-state index contributed by atoms with van der Waals surface area (Å²) in [5.41, 5.74) is 2.03. The third-order valence-electron chi connectivity index (χ3n) is 4.92. The van der Waals surface area contributed by atoms with Gasteiger partial charge in [-0.05, 0) is 46.7 Å². The van der Waals surface area contributed by atoms with Crippen molar-refractivity contribution in [2.75, 3.05) is 0 Å². The minimum absolute atomic E-state index is 0.00430. The molecule has 0 aliphatic rings. The van der Waals surface area contributed by atoms with Crippen LogP contribution in [-0.2, 0) is 10.8 Å². The van der Waals surface area contributed by atoms with Crippen molar-refractivity contribution in [2.24, 2.45) is 0 Å². The van der Waals surface area contributed by atoms with E-state index < -0.39 is 7.94 Å². The summed E-state index contributed by atoms with van der Waals surface area (Å²) in [6, 6.07) is 24.9. The Morgan fingerprint density at radius 2 is 1.10 bits per heavy atom. The molecule has 0 atom stereocenters. The lowest BCUT2D eigenvalue weighted by Gasteiger charge is -2.28. The predicted octanol–water partition coefficient (Wildman–Crippen LogP) is 6.82. The summed E-state index contributed by atoms with van der Waals surface area (Å²) in [5, 5.41) is 0.704. The highest BCUT2D eigenvalue weighted by Crippen LogP contribution is 2.56. The van der Waals surface area contributed by atoms with E-state index in [1.54, 1.807) is 0 Å². The summed E-state index contributed by atoms with van der Waals surface area (Å²) >= 11 is 0. The van der Waals surface area contributed by atoms with Crippen LogP contribution < -0.4 is 14.4 Å². The summed E-state index contributed by atoms with van der Waals surface area (Å²) in [6.45, 7) is 13.0. The van der Waals surface area contributed by atoms with Gasteiger partial charge in [0.1, 0.15) is 0 Å².